The highest BCUT2D eigenvalue weighted by Crippen LogP contribution is 2.26. The molecule has 7 heteroatoms. The molecule has 0 spiro atoms. The summed E-state index contributed by atoms with van der Waals surface area (Å²) in [5.41, 5.74) is 6.56. The fourth-order valence-electron chi connectivity index (χ4n) is 1.39. The van der Waals surface area contributed by atoms with Gasteiger partial charge in [0.05, 0.1) is 5.69 Å². The summed E-state index contributed by atoms with van der Waals surface area (Å²) in [5.74, 6) is 0. The fourth-order valence-corrected chi connectivity index (χ4v) is 3.12. The fraction of sp³-hybridized carbons (Fsp3) is 0.400. The molecule has 0 radical (unpaired) electrons. The largest absolute Gasteiger partial charge is 0.399 e. The molecule has 1 aromatic rings. The van der Waals surface area contributed by atoms with Gasteiger partial charge in [-0.05, 0) is 34.1 Å². The van der Waals surface area contributed by atoms with E-state index in [1.165, 1.54) is 4.31 Å². The lowest BCUT2D eigenvalue weighted by molar-refractivity contribution is 0.449. The Morgan fingerprint density at radius 1 is 1.35 bits per heavy atom. The van der Waals surface area contributed by atoms with Crippen molar-refractivity contribution in [3.05, 3.63) is 22.7 Å². The molecule has 0 aliphatic rings. The van der Waals surface area contributed by atoms with Crippen molar-refractivity contribution in [1.29, 1.82) is 0 Å². The van der Waals surface area contributed by atoms with E-state index in [4.69, 9.17) is 5.73 Å². The Labute approximate surface area is 110 Å². The number of anilines is 2. The van der Waals surface area contributed by atoms with Crippen LogP contribution >= 0.6 is 15.9 Å². The molecule has 0 aliphatic carbocycles. The first-order valence-corrected chi connectivity index (χ1v) is 7.47. The van der Waals surface area contributed by atoms with Gasteiger partial charge >= 0.3 is 10.2 Å². The van der Waals surface area contributed by atoms with Gasteiger partial charge < -0.3 is 5.73 Å². The molecule has 0 unspecified atom stereocenters. The van der Waals surface area contributed by atoms with Gasteiger partial charge in [0.2, 0.25) is 0 Å². The van der Waals surface area contributed by atoms with Crippen LogP contribution < -0.4 is 10.5 Å². The van der Waals surface area contributed by atoms with E-state index in [0.717, 1.165) is 0 Å². The number of benzene rings is 1. The molecule has 0 fully saturated rings. The Balaban J connectivity index is 3.01. The van der Waals surface area contributed by atoms with Crippen LogP contribution in [0, 0.1) is 0 Å². The molecule has 1 rings (SSSR count). The molecule has 0 saturated carbocycles. The van der Waals surface area contributed by atoms with E-state index in [-0.39, 0.29) is 0 Å². The van der Waals surface area contributed by atoms with Gasteiger partial charge in [0.15, 0.2) is 0 Å². The lowest BCUT2D eigenvalue weighted by Crippen LogP contribution is -2.35. The Bertz CT molecular complexity index is 486. The zero-order chi connectivity index (χ0) is 13.1. The molecular formula is C10H16BrN3O2S. The van der Waals surface area contributed by atoms with E-state index in [1.54, 1.807) is 32.0 Å². The van der Waals surface area contributed by atoms with Crippen molar-refractivity contribution >= 4 is 37.5 Å². The predicted molar refractivity (Wildman–Crippen MR) is 74.0 cm³/mol. The Kier molecular flexibility index (Phi) is 4.79. The second-order valence-corrected chi connectivity index (χ2v) is 5.96. The molecule has 96 valence electrons. The van der Waals surface area contributed by atoms with Crippen molar-refractivity contribution in [1.82, 2.24) is 4.31 Å². The topological polar surface area (TPSA) is 75.4 Å². The molecule has 0 saturated heterocycles. The van der Waals surface area contributed by atoms with Crippen LogP contribution in [0.2, 0.25) is 0 Å². The van der Waals surface area contributed by atoms with E-state index in [0.29, 0.717) is 28.9 Å². The Morgan fingerprint density at radius 2 is 1.94 bits per heavy atom. The zero-order valence-electron chi connectivity index (χ0n) is 9.77. The molecule has 0 atom stereocenters. The van der Waals surface area contributed by atoms with E-state index in [1.807, 2.05) is 0 Å². The molecule has 1 aromatic carbocycles. The smallest absolute Gasteiger partial charge is 0.301 e. The summed E-state index contributed by atoms with van der Waals surface area (Å²) in [7, 11) is -3.52. The standard InChI is InChI=1S/C10H16BrN3O2S/c1-3-14(4-2)17(15,16)13-10-7-8(12)5-6-9(10)11/h5-7,13H,3-4,12H2,1-2H3. The molecule has 0 amide bonds. The summed E-state index contributed by atoms with van der Waals surface area (Å²) in [5, 5.41) is 0. The first kappa shape index (κ1) is 14.3. The highest BCUT2D eigenvalue weighted by Gasteiger charge is 2.19. The molecule has 5 nitrogen and oxygen atoms in total. The van der Waals surface area contributed by atoms with Gasteiger partial charge in [0.1, 0.15) is 0 Å². The van der Waals surface area contributed by atoms with E-state index in [2.05, 4.69) is 20.7 Å². The second-order valence-electron chi connectivity index (χ2n) is 3.43. The van der Waals surface area contributed by atoms with Crippen LogP contribution in [0.1, 0.15) is 13.8 Å². The number of halogens is 1. The van der Waals surface area contributed by atoms with Crippen LogP contribution in [0.5, 0.6) is 0 Å². The number of rotatable bonds is 5. The van der Waals surface area contributed by atoms with Gasteiger partial charge in [0, 0.05) is 23.2 Å². The number of nitrogens with zero attached hydrogens (tertiary/aromatic N) is 1. The quantitative estimate of drug-likeness (QED) is 0.815. The third-order valence-electron chi connectivity index (χ3n) is 2.27. The highest BCUT2D eigenvalue weighted by molar-refractivity contribution is 9.10. The van der Waals surface area contributed by atoms with E-state index >= 15 is 0 Å². The number of hydrogen-bond donors (Lipinski definition) is 2. The molecule has 0 bridgehead atoms. The third kappa shape index (κ3) is 3.58. The molecule has 0 aromatic heterocycles. The summed E-state index contributed by atoms with van der Waals surface area (Å²) in [4.78, 5) is 0. The maximum atomic E-state index is 12.0. The molecule has 3 N–H and O–H groups in total. The number of nitrogens with two attached hydrogens (primary N) is 1. The van der Waals surface area contributed by atoms with Crippen LogP contribution in [0.15, 0.2) is 22.7 Å². The van der Waals surface area contributed by atoms with Crippen LogP contribution in [0.3, 0.4) is 0 Å². The van der Waals surface area contributed by atoms with Gasteiger partial charge in [-0.25, -0.2) is 0 Å². The first-order chi connectivity index (χ1) is 7.90. The minimum absolute atomic E-state index is 0.422. The van der Waals surface area contributed by atoms with Gasteiger partial charge in [0.25, 0.3) is 0 Å². The molecule has 0 aliphatic heterocycles. The highest BCUT2D eigenvalue weighted by atomic mass is 79.9. The van der Waals surface area contributed by atoms with Crippen molar-refractivity contribution in [2.24, 2.45) is 0 Å². The minimum atomic E-state index is -3.52. The second kappa shape index (κ2) is 5.70. The lowest BCUT2D eigenvalue weighted by atomic mass is 10.3. The first-order valence-electron chi connectivity index (χ1n) is 5.23. The zero-order valence-corrected chi connectivity index (χ0v) is 12.2. The normalized spacial score (nSPS) is 11.8. The number of nitrogens with one attached hydrogen (secondary N) is 1. The van der Waals surface area contributed by atoms with Crippen LogP contribution in [-0.2, 0) is 10.2 Å². The summed E-state index contributed by atoms with van der Waals surface area (Å²) in [6, 6.07) is 4.97. The maximum Gasteiger partial charge on any atom is 0.301 e. The molecule has 0 heterocycles. The van der Waals surface area contributed by atoms with Gasteiger partial charge in [-0.15, -0.1) is 0 Å². The van der Waals surface area contributed by atoms with E-state index < -0.39 is 10.2 Å². The van der Waals surface area contributed by atoms with Crippen molar-refractivity contribution in [3.8, 4) is 0 Å². The van der Waals surface area contributed by atoms with Crippen molar-refractivity contribution in [3.63, 3.8) is 0 Å². The van der Waals surface area contributed by atoms with Crippen molar-refractivity contribution < 1.29 is 8.42 Å². The minimum Gasteiger partial charge on any atom is -0.399 e. The molecule has 17 heavy (non-hydrogen) atoms. The summed E-state index contributed by atoms with van der Waals surface area (Å²) >= 11 is 3.28. The Hall–Kier alpha value is -0.790. The summed E-state index contributed by atoms with van der Waals surface area (Å²) < 4.78 is 28.4. The SMILES string of the molecule is CCN(CC)S(=O)(=O)Nc1cc(N)ccc1Br. The van der Waals surface area contributed by atoms with E-state index in [9.17, 15) is 8.42 Å². The monoisotopic (exact) mass is 321 g/mol. The van der Waals surface area contributed by atoms with Crippen LogP contribution in [0.4, 0.5) is 11.4 Å². The average molecular weight is 322 g/mol. The third-order valence-corrected chi connectivity index (χ3v) is 4.64. The summed E-state index contributed by atoms with van der Waals surface area (Å²) in [6.45, 7) is 4.42. The number of hydrogen-bond acceptors (Lipinski definition) is 3. The van der Waals surface area contributed by atoms with Gasteiger partial charge in [-0.2, -0.15) is 12.7 Å². The molecular weight excluding hydrogens is 306 g/mol. The van der Waals surface area contributed by atoms with Crippen LogP contribution in [0.25, 0.3) is 0 Å². The van der Waals surface area contributed by atoms with Crippen molar-refractivity contribution in [2.45, 2.75) is 13.8 Å². The van der Waals surface area contributed by atoms with Crippen molar-refractivity contribution in [2.75, 3.05) is 23.5 Å². The van der Waals surface area contributed by atoms with Gasteiger partial charge in [-0.1, -0.05) is 13.8 Å². The van der Waals surface area contributed by atoms with Gasteiger partial charge in [-0.3, -0.25) is 4.72 Å². The predicted octanol–water partition coefficient (Wildman–Crippen LogP) is 2.03. The average Bonchev–Trinajstić information content (AvgIpc) is 2.24. The number of nitrogen functional groups attached to an aromatic ring is 1. The lowest BCUT2D eigenvalue weighted by Gasteiger charge is -2.20. The maximum absolute atomic E-state index is 12.0. The summed E-state index contributed by atoms with van der Waals surface area (Å²) in [6.07, 6.45) is 0. The van der Waals surface area contributed by atoms with Crippen LogP contribution in [-0.4, -0.2) is 25.8 Å². The Morgan fingerprint density at radius 3 is 2.47 bits per heavy atom.